The van der Waals surface area contributed by atoms with Crippen LogP contribution in [0.3, 0.4) is 0 Å². The number of hydrogen-bond donors (Lipinski definition) is 1. The first kappa shape index (κ1) is 31.3. The van der Waals surface area contributed by atoms with Crippen LogP contribution in [0.2, 0.25) is 0 Å². The number of anilines is 1. The molecule has 2 N–H and O–H groups in total. The molecule has 0 spiro atoms. The average molecular weight is 611 g/mol. The molecule has 0 atom stereocenters. The lowest BCUT2D eigenvalue weighted by Gasteiger charge is -2.35. The Hall–Kier alpha value is -5.12. The van der Waals surface area contributed by atoms with Gasteiger partial charge in [0.2, 0.25) is 0 Å². The monoisotopic (exact) mass is 610 g/mol. The maximum Gasteiger partial charge on any atom is 0.410 e. The number of nitrogens with two attached hydrogens (primary N) is 1. The van der Waals surface area contributed by atoms with E-state index in [2.05, 4.69) is 4.98 Å². The number of carbonyl (C=O) groups is 3. The minimum absolute atomic E-state index is 0.0282. The third kappa shape index (κ3) is 7.89. The molecule has 0 aliphatic carbocycles. The van der Waals surface area contributed by atoms with E-state index in [0.29, 0.717) is 67.5 Å². The highest BCUT2D eigenvalue weighted by molar-refractivity contribution is 5.96. The molecule has 1 aliphatic heterocycles. The van der Waals surface area contributed by atoms with Crippen molar-refractivity contribution in [2.75, 3.05) is 39.0 Å². The van der Waals surface area contributed by atoms with Gasteiger partial charge in [0.25, 0.3) is 5.91 Å². The van der Waals surface area contributed by atoms with Crippen molar-refractivity contribution in [3.05, 3.63) is 83.8 Å². The molecule has 1 saturated heterocycles. The Morgan fingerprint density at radius 3 is 2.31 bits per heavy atom. The maximum absolute atomic E-state index is 13.2. The molecule has 5 rings (SSSR count). The highest BCUT2D eigenvalue weighted by Crippen LogP contribution is 2.35. The van der Waals surface area contributed by atoms with Gasteiger partial charge >= 0.3 is 6.09 Å². The van der Waals surface area contributed by atoms with Gasteiger partial charge in [-0.25, -0.2) is 9.78 Å². The lowest BCUT2D eigenvalue weighted by molar-refractivity contribution is -0.114. The number of furan rings is 1. The van der Waals surface area contributed by atoms with E-state index >= 15 is 0 Å². The number of aryl methyl sites for hydroxylation is 1. The summed E-state index contributed by atoms with van der Waals surface area (Å²) < 4.78 is 17.1. The number of nitrogens with zero attached hydrogens (tertiary/aromatic N) is 3. The number of fused-ring (bicyclic) bond motifs is 1. The first-order valence-corrected chi connectivity index (χ1v) is 14.9. The highest BCUT2D eigenvalue weighted by atomic mass is 16.6. The normalized spacial score (nSPS) is 13.8. The number of carbonyl (C=O) groups excluding carboxylic acids is 3. The van der Waals surface area contributed by atoms with Crippen LogP contribution in [0, 0.1) is 0 Å². The molecule has 10 nitrogen and oxygen atoms in total. The number of benzene rings is 2. The molecule has 10 heteroatoms. The summed E-state index contributed by atoms with van der Waals surface area (Å²) in [5.41, 5.74) is 8.87. The summed E-state index contributed by atoms with van der Waals surface area (Å²) in [6.45, 7) is 7.25. The maximum atomic E-state index is 13.2. The average Bonchev–Trinajstić information content (AvgIpc) is 3.45. The third-order valence-electron chi connectivity index (χ3n) is 7.43. The topological polar surface area (TPSA) is 128 Å². The summed E-state index contributed by atoms with van der Waals surface area (Å²) >= 11 is 0. The number of methoxy groups -OCH3 is 1. The SMILES string of the molecule is COc1cc(-c2ccc(C(=O)N3CCN(C(=O)OC(C)(C)C)CC3)cc2)cc2cc(CCC(=O)/C=C/c3ccc(N)nc3)oc12. The van der Waals surface area contributed by atoms with Crippen LogP contribution in [0.5, 0.6) is 5.75 Å². The Labute approximate surface area is 262 Å². The van der Waals surface area contributed by atoms with Crippen molar-refractivity contribution in [2.24, 2.45) is 0 Å². The van der Waals surface area contributed by atoms with Gasteiger partial charge in [-0.15, -0.1) is 0 Å². The first-order chi connectivity index (χ1) is 21.5. The number of rotatable bonds is 8. The van der Waals surface area contributed by atoms with Gasteiger partial charge in [0.15, 0.2) is 17.1 Å². The van der Waals surface area contributed by atoms with Crippen LogP contribution in [0.1, 0.15) is 48.9 Å². The molecule has 2 aromatic carbocycles. The van der Waals surface area contributed by atoms with E-state index in [-0.39, 0.29) is 17.8 Å². The molecule has 2 aromatic heterocycles. The van der Waals surface area contributed by atoms with E-state index in [1.165, 1.54) is 6.08 Å². The molecule has 1 aliphatic rings. The molecule has 2 amide bonds. The number of piperazine rings is 1. The van der Waals surface area contributed by atoms with Crippen molar-refractivity contribution in [1.82, 2.24) is 14.8 Å². The number of allylic oxidation sites excluding steroid dienone is 1. The number of nitrogen functional groups attached to an aromatic ring is 1. The van der Waals surface area contributed by atoms with Gasteiger partial charge in [0, 0.05) is 56.2 Å². The van der Waals surface area contributed by atoms with Crippen LogP contribution in [0.4, 0.5) is 10.6 Å². The molecular formula is C35H38N4O6. The van der Waals surface area contributed by atoms with Gasteiger partial charge < -0.3 is 29.4 Å². The lowest BCUT2D eigenvalue weighted by atomic mass is 10.0. The Balaban J connectivity index is 1.22. The van der Waals surface area contributed by atoms with Crippen molar-refractivity contribution >= 4 is 40.6 Å². The molecule has 3 heterocycles. The van der Waals surface area contributed by atoms with Crippen molar-refractivity contribution in [3.8, 4) is 16.9 Å². The molecule has 1 fully saturated rings. The van der Waals surface area contributed by atoms with Gasteiger partial charge in [0.1, 0.15) is 17.2 Å². The number of amides is 2. The Morgan fingerprint density at radius 1 is 0.956 bits per heavy atom. The van der Waals surface area contributed by atoms with Gasteiger partial charge in [-0.3, -0.25) is 9.59 Å². The minimum atomic E-state index is -0.559. The smallest absolute Gasteiger partial charge is 0.410 e. The van der Waals surface area contributed by atoms with Crippen molar-refractivity contribution in [3.63, 3.8) is 0 Å². The van der Waals surface area contributed by atoms with Gasteiger partial charge in [-0.2, -0.15) is 0 Å². The van der Waals surface area contributed by atoms with E-state index in [0.717, 1.165) is 22.1 Å². The second-order valence-corrected chi connectivity index (χ2v) is 12.0. The van der Waals surface area contributed by atoms with Crippen LogP contribution in [-0.4, -0.2) is 71.5 Å². The predicted octanol–water partition coefficient (Wildman–Crippen LogP) is 5.99. The number of ketones is 1. The summed E-state index contributed by atoms with van der Waals surface area (Å²) in [5, 5.41) is 0.860. The van der Waals surface area contributed by atoms with Crippen LogP contribution in [-0.2, 0) is 16.0 Å². The molecule has 45 heavy (non-hydrogen) atoms. The van der Waals surface area contributed by atoms with Crippen molar-refractivity contribution in [2.45, 2.75) is 39.2 Å². The van der Waals surface area contributed by atoms with E-state index in [1.54, 1.807) is 41.3 Å². The number of pyridine rings is 1. The standard InChI is InChI=1S/C35H38N4O6/c1-35(2,3)45-34(42)39-17-15-38(16-18-39)33(41)25-9-7-24(8-10-25)26-19-27-20-29(44-32(27)30(21-26)43-4)13-12-28(40)11-5-23-6-14-31(36)37-22-23/h5-11,14,19-22H,12-13,15-18H2,1-4H3,(H2,36,37)/b11-5+. The zero-order valence-electron chi connectivity index (χ0n) is 26.0. The largest absolute Gasteiger partial charge is 0.493 e. The second-order valence-electron chi connectivity index (χ2n) is 12.0. The Morgan fingerprint density at radius 2 is 1.67 bits per heavy atom. The highest BCUT2D eigenvalue weighted by Gasteiger charge is 2.28. The Bertz CT molecular complexity index is 1710. The molecule has 0 saturated carbocycles. The minimum Gasteiger partial charge on any atom is -0.493 e. The fourth-order valence-corrected chi connectivity index (χ4v) is 5.06. The second kappa shape index (κ2) is 13.3. The summed E-state index contributed by atoms with van der Waals surface area (Å²) in [6, 6.07) is 16.8. The zero-order valence-corrected chi connectivity index (χ0v) is 26.0. The molecule has 4 aromatic rings. The molecule has 234 valence electrons. The van der Waals surface area contributed by atoms with Crippen molar-refractivity contribution in [1.29, 1.82) is 0 Å². The third-order valence-corrected chi connectivity index (χ3v) is 7.43. The Kier molecular flexibility index (Phi) is 9.22. The number of hydrogen-bond acceptors (Lipinski definition) is 8. The number of ether oxygens (including phenoxy) is 2. The molecule has 0 radical (unpaired) electrons. The zero-order chi connectivity index (χ0) is 32.1. The summed E-state index contributed by atoms with van der Waals surface area (Å²) in [4.78, 5) is 45.4. The van der Waals surface area contributed by atoms with Crippen LogP contribution >= 0.6 is 0 Å². The fourth-order valence-electron chi connectivity index (χ4n) is 5.06. The van der Waals surface area contributed by atoms with Crippen LogP contribution < -0.4 is 10.5 Å². The quantitative estimate of drug-likeness (QED) is 0.241. The number of aromatic nitrogens is 1. The molecular weight excluding hydrogens is 572 g/mol. The first-order valence-electron chi connectivity index (χ1n) is 14.9. The van der Waals surface area contributed by atoms with E-state index in [1.807, 2.05) is 63.2 Å². The van der Waals surface area contributed by atoms with E-state index in [9.17, 15) is 14.4 Å². The summed E-state index contributed by atoms with van der Waals surface area (Å²) in [5.74, 6) is 1.59. The van der Waals surface area contributed by atoms with Crippen molar-refractivity contribution < 1.29 is 28.3 Å². The lowest BCUT2D eigenvalue weighted by Crippen LogP contribution is -2.51. The fraction of sp³-hybridized carbons (Fsp3) is 0.314. The van der Waals surface area contributed by atoms with E-state index < -0.39 is 5.60 Å². The summed E-state index contributed by atoms with van der Waals surface area (Å²) in [7, 11) is 1.59. The van der Waals surface area contributed by atoms with Gasteiger partial charge in [-0.05, 0) is 92.1 Å². The predicted molar refractivity (Wildman–Crippen MR) is 173 cm³/mol. The molecule has 0 unspecified atom stereocenters. The van der Waals surface area contributed by atoms with E-state index in [4.69, 9.17) is 19.6 Å². The summed E-state index contributed by atoms with van der Waals surface area (Å²) in [6.07, 6.45) is 5.25. The van der Waals surface area contributed by atoms with Gasteiger partial charge in [0.05, 0.1) is 7.11 Å². The van der Waals surface area contributed by atoms with Crippen LogP contribution in [0.15, 0.2) is 71.3 Å². The molecule has 0 bridgehead atoms. The van der Waals surface area contributed by atoms with Gasteiger partial charge in [-0.1, -0.05) is 12.1 Å². The van der Waals surface area contributed by atoms with Crippen LogP contribution in [0.25, 0.3) is 28.2 Å².